The number of nitrogens with two attached hydrogens (primary N) is 1. The zero-order valence-corrected chi connectivity index (χ0v) is 12.4. The topological polar surface area (TPSA) is 73.1 Å². The van der Waals surface area contributed by atoms with Gasteiger partial charge in [-0.2, -0.15) is 0 Å². The average molecular weight is 284 g/mol. The molecule has 2 heterocycles. The van der Waals surface area contributed by atoms with Gasteiger partial charge in [-0.15, -0.1) is 0 Å². The highest BCUT2D eigenvalue weighted by Crippen LogP contribution is 2.22. The predicted molar refractivity (Wildman–Crippen MR) is 81.9 cm³/mol. The number of benzene rings is 1. The molecule has 0 saturated carbocycles. The van der Waals surface area contributed by atoms with Gasteiger partial charge in [-0.3, -0.25) is 0 Å². The van der Waals surface area contributed by atoms with Crippen molar-refractivity contribution in [2.24, 2.45) is 5.84 Å². The Morgan fingerprint density at radius 1 is 1.19 bits per heavy atom. The number of nitrogens with zero attached hydrogens (tertiary/aromatic N) is 2. The molecule has 110 valence electrons. The first kappa shape index (κ1) is 14.0. The maximum atomic E-state index is 5.59. The number of ether oxygens (including phenoxy) is 1. The predicted octanol–water partition coefficient (Wildman–Crippen LogP) is 2.04. The van der Waals surface area contributed by atoms with Crippen molar-refractivity contribution in [3.8, 4) is 0 Å². The second-order valence-electron chi connectivity index (χ2n) is 5.53. The van der Waals surface area contributed by atoms with Gasteiger partial charge in [0.1, 0.15) is 11.6 Å². The minimum absolute atomic E-state index is 0.526. The second kappa shape index (κ2) is 5.79. The fourth-order valence-corrected chi connectivity index (χ4v) is 2.84. The molecule has 21 heavy (non-hydrogen) atoms. The summed E-state index contributed by atoms with van der Waals surface area (Å²) in [6, 6.07) is 6.52. The number of anilines is 1. The Balaban J connectivity index is 1.95. The number of hydrogen-bond donors (Lipinski definition) is 2. The highest BCUT2D eigenvalue weighted by molar-refractivity contribution is 5.46. The highest BCUT2D eigenvalue weighted by Gasteiger charge is 2.17. The molecule has 0 atom stereocenters. The number of hydrogen-bond acceptors (Lipinski definition) is 5. The first-order valence-corrected chi connectivity index (χ1v) is 7.16. The first-order valence-electron chi connectivity index (χ1n) is 7.16. The van der Waals surface area contributed by atoms with Crippen molar-refractivity contribution in [3.63, 3.8) is 0 Å². The number of fused-ring (bicyclic) bond motifs is 1. The summed E-state index contributed by atoms with van der Waals surface area (Å²) in [6.07, 6.45) is 1.53. The van der Waals surface area contributed by atoms with Crippen molar-refractivity contribution >= 4 is 5.82 Å². The third-order valence-electron chi connectivity index (χ3n) is 3.65. The number of aryl methyl sites for hydroxylation is 2. The molecule has 0 unspecified atom stereocenters. The maximum Gasteiger partial charge on any atom is 0.149 e. The third-order valence-corrected chi connectivity index (χ3v) is 3.65. The van der Waals surface area contributed by atoms with Crippen LogP contribution in [0, 0.1) is 13.8 Å². The minimum atomic E-state index is 0.526. The molecule has 3 rings (SSSR count). The minimum Gasteiger partial charge on any atom is -0.376 e. The zero-order valence-electron chi connectivity index (χ0n) is 12.4. The van der Waals surface area contributed by atoms with E-state index in [4.69, 9.17) is 10.6 Å². The Morgan fingerprint density at radius 2 is 1.95 bits per heavy atom. The van der Waals surface area contributed by atoms with Crippen molar-refractivity contribution < 1.29 is 4.74 Å². The van der Waals surface area contributed by atoms with Gasteiger partial charge in [0.25, 0.3) is 0 Å². The molecule has 5 nitrogen and oxygen atoms in total. The van der Waals surface area contributed by atoms with E-state index in [0.29, 0.717) is 25.5 Å². The van der Waals surface area contributed by atoms with Crippen LogP contribution in [-0.4, -0.2) is 16.6 Å². The number of hydrazine groups is 1. The van der Waals surface area contributed by atoms with Gasteiger partial charge >= 0.3 is 0 Å². The van der Waals surface area contributed by atoms with Crippen molar-refractivity contribution in [1.82, 2.24) is 9.97 Å². The molecular formula is C16H20N4O. The maximum absolute atomic E-state index is 5.59. The van der Waals surface area contributed by atoms with Crippen LogP contribution in [-0.2, 0) is 24.2 Å². The fourth-order valence-electron chi connectivity index (χ4n) is 2.84. The van der Waals surface area contributed by atoms with Crippen LogP contribution in [0.5, 0.6) is 0 Å². The van der Waals surface area contributed by atoms with Crippen LogP contribution >= 0.6 is 0 Å². The molecule has 1 aliphatic rings. The van der Waals surface area contributed by atoms with Gasteiger partial charge in [0.05, 0.1) is 18.9 Å². The van der Waals surface area contributed by atoms with E-state index in [0.717, 1.165) is 23.5 Å². The summed E-state index contributed by atoms with van der Waals surface area (Å²) < 4.78 is 5.45. The zero-order chi connectivity index (χ0) is 14.8. The van der Waals surface area contributed by atoms with Gasteiger partial charge in [-0.05, 0) is 19.4 Å². The van der Waals surface area contributed by atoms with E-state index in [9.17, 15) is 0 Å². The molecule has 1 aromatic carbocycles. The molecule has 0 bridgehead atoms. The van der Waals surface area contributed by atoms with E-state index in [1.807, 2.05) is 0 Å². The fraction of sp³-hybridized carbons (Fsp3) is 0.375. The van der Waals surface area contributed by atoms with E-state index < -0.39 is 0 Å². The normalized spacial score (nSPS) is 13.9. The molecule has 2 aromatic rings. The molecule has 0 amide bonds. The van der Waals surface area contributed by atoms with Crippen molar-refractivity contribution in [2.75, 3.05) is 12.0 Å². The molecule has 3 N–H and O–H groups in total. The third kappa shape index (κ3) is 3.04. The molecule has 0 saturated heterocycles. The molecule has 0 radical (unpaired) electrons. The average Bonchev–Trinajstić information content (AvgIpc) is 2.45. The van der Waals surface area contributed by atoms with Crippen LogP contribution in [0.1, 0.15) is 33.8 Å². The lowest BCUT2D eigenvalue weighted by atomic mass is 10.0. The summed E-state index contributed by atoms with van der Waals surface area (Å²) >= 11 is 0. The molecule has 1 aliphatic heterocycles. The van der Waals surface area contributed by atoms with Crippen LogP contribution in [0.2, 0.25) is 0 Å². The van der Waals surface area contributed by atoms with E-state index in [-0.39, 0.29) is 0 Å². The molecule has 1 aromatic heterocycles. The Bertz CT molecular complexity index is 632. The van der Waals surface area contributed by atoms with Crippen LogP contribution < -0.4 is 11.3 Å². The molecule has 0 aliphatic carbocycles. The summed E-state index contributed by atoms with van der Waals surface area (Å²) in [7, 11) is 0. The van der Waals surface area contributed by atoms with Crippen LogP contribution in [0.4, 0.5) is 5.82 Å². The Hall–Kier alpha value is -1.98. The number of nitrogen functional groups attached to an aromatic ring is 1. The Labute approximate surface area is 124 Å². The number of nitrogens with one attached hydrogen (secondary N) is 1. The van der Waals surface area contributed by atoms with E-state index in [1.54, 1.807) is 0 Å². The quantitative estimate of drug-likeness (QED) is 0.666. The van der Waals surface area contributed by atoms with Crippen molar-refractivity contribution in [3.05, 3.63) is 52.0 Å². The largest absolute Gasteiger partial charge is 0.376 e. The second-order valence-corrected chi connectivity index (χ2v) is 5.53. The van der Waals surface area contributed by atoms with Crippen LogP contribution in [0.15, 0.2) is 18.2 Å². The SMILES string of the molecule is Cc1cc(C)cc(Cc2nc3c(c(NN)n2)COCC3)c1. The van der Waals surface area contributed by atoms with Gasteiger partial charge in [0.15, 0.2) is 0 Å². The number of rotatable bonds is 3. The van der Waals surface area contributed by atoms with Gasteiger partial charge in [-0.1, -0.05) is 29.3 Å². The summed E-state index contributed by atoms with van der Waals surface area (Å²) in [5, 5.41) is 0. The van der Waals surface area contributed by atoms with Crippen LogP contribution in [0.25, 0.3) is 0 Å². The lowest BCUT2D eigenvalue weighted by Gasteiger charge is -2.19. The van der Waals surface area contributed by atoms with E-state index in [1.165, 1.54) is 16.7 Å². The summed E-state index contributed by atoms with van der Waals surface area (Å²) in [6.45, 7) is 5.44. The van der Waals surface area contributed by atoms with Gasteiger partial charge in [0.2, 0.25) is 0 Å². The summed E-state index contributed by atoms with van der Waals surface area (Å²) in [5.74, 6) is 7.07. The van der Waals surface area contributed by atoms with Crippen molar-refractivity contribution in [1.29, 1.82) is 0 Å². The Kier molecular flexibility index (Phi) is 3.86. The Morgan fingerprint density at radius 3 is 2.67 bits per heavy atom. The standard InChI is InChI=1S/C16H20N4O/c1-10-5-11(2)7-12(6-10)8-15-18-14-3-4-21-9-13(14)16(19-15)20-17/h5-7H,3-4,8-9,17H2,1-2H3,(H,18,19,20). The highest BCUT2D eigenvalue weighted by atomic mass is 16.5. The lowest BCUT2D eigenvalue weighted by Crippen LogP contribution is -2.20. The summed E-state index contributed by atoms with van der Waals surface area (Å²) in [5.41, 5.74) is 8.44. The van der Waals surface area contributed by atoms with Gasteiger partial charge in [-0.25, -0.2) is 15.8 Å². The smallest absolute Gasteiger partial charge is 0.149 e. The number of aromatic nitrogens is 2. The molecule has 0 fully saturated rings. The molecule has 5 heteroatoms. The van der Waals surface area contributed by atoms with Gasteiger partial charge in [0, 0.05) is 18.4 Å². The monoisotopic (exact) mass is 284 g/mol. The van der Waals surface area contributed by atoms with E-state index in [2.05, 4.69) is 47.4 Å². The van der Waals surface area contributed by atoms with E-state index >= 15 is 0 Å². The first-order chi connectivity index (χ1) is 10.2. The molecular weight excluding hydrogens is 264 g/mol. The summed E-state index contributed by atoms with van der Waals surface area (Å²) in [4.78, 5) is 9.22. The van der Waals surface area contributed by atoms with Crippen LogP contribution in [0.3, 0.4) is 0 Å². The van der Waals surface area contributed by atoms with Gasteiger partial charge < -0.3 is 10.2 Å². The van der Waals surface area contributed by atoms with Crippen molar-refractivity contribution in [2.45, 2.75) is 33.3 Å². The molecule has 0 spiro atoms. The lowest BCUT2D eigenvalue weighted by molar-refractivity contribution is 0.109.